The summed E-state index contributed by atoms with van der Waals surface area (Å²) in [4.78, 5) is 0. The van der Waals surface area contributed by atoms with Gasteiger partial charge in [-0.2, -0.15) is 0 Å². The molecular weight excluding hydrogens is 167 g/mol. The minimum atomic E-state index is -0.755. The summed E-state index contributed by atoms with van der Waals surface area (Å²) in [5, 5.41) is 9.92. The van der Waals surface area contributed by atoms with Crippen LogP contribution in [0.1, 0.15) is 24.5 Å². The maximum Gasteiger partial charge on any atom is 0.126 e. The zero-order valence-corrected chi connectivity index (χ0v) is 7.84. The predicted molar refractivity (Wildman–Crippen MR) is 48.8 cm³/mol. The SMILES string of the molecule is Cc1ccc(C2(O)CC2C)cc1F. The lowest BCUT2D eigenvalue weighted by molar-refractivity contribution is 0.134. The zero-order chi connectivity index (χ0) is 9.64. The molecule has 1 N–H and O–H groups in total. The number of benzene rings is 1. The molecule has 0 aliphatic heterocycles. The topological polar surface area (TPSA) is 20.2 Å². The second-order valence-electron chi connectivity index (χ2n) is 3.99. The molecule has 0 bridgehead atoms. The maximum atomic E-state index is 13.2. The van der Waals surface area contributed by atoms with E-state index < -0.39 is 5.60 Å². The van der Waals surface area contributed by atoms with Crippen LogP contribution < -0.4 is 0 Å². The molecule has 70 valence electrons. The lowest BCUT2D eigenvalue weighted by Gasteiger charge is -2.10. The zero-order valence-electron chi connectivity index (χ0n) is 7.84. The van der Waals surface area contributed by atoms with Crippen LogP contribution in [0.2, 0.25) is 0 Å². The van der Waals surface area contributed by atoms with Crippen molar-refractivity contribution in [1.82, 2.24) is 0 Å². The van der Waals surface area contributed by atoms with E-state index in [9.17, 15) is 9.50 Å². The Kier molecular flexibility index (Phi) is 1.70. The molecule has 0 spiro atoms. The fraction of sp³-hybridized carbons (Fsp3) is 0.455. The van der Waals surface area contributed by atoms with Gasteiger partial charge in [-0.1, -0.05) is 19.1 Å². The molecule has 1 fully saturated rings. The van der Waals surface area contributed by atoms with Crippen LogP contribution in [-0.2, 0) is 5.60 Å². The lowest BCUT2D eigenvalue weighted by atomic mass is 10.0. The third-order valence-electron chi connectivity index (χ3n) is 2.94. The van der Waals surface area contributed by atoms with Gasteiger partial charge in [0.05, 0.1) is 5.60 Å². The molecule has 2 atom stereocenters. The van der Waals surface area contributed by atoms with Crippen molar-refractivity contribution in [2.75, 3.05) is 0 Å². The van der Waals surface area contributed by atoms with E-state index in [1.165, 1.54) is 6.07 Å². The average Bonchev–Trinajstić information content (AvgIpc) is 2.67. The first kappa shape index (κ1) is 8.70. The van der Waals surface area contributed by atoms with Crippen molar-refractivity contribution >= 4 is 0 Å². The molecule has 1 aromatic carbocycles. The van der Waals surface area contributed by atoms with Crippen molar-refractivity contribution in [1.29, 1.82) is 0 Å². The number of aryl methyl sites for hydroxylation is 1. The maximum absolute atomic E-state index is 13.2. The normalized spacial score (nSPS) is 31.8. The van der Waals surface area contributed by atoms with Crippen LogP contribution in [0.3, 0.4) is 0 Å². The fourth-order valence-electron chi connectivity index (χ4n) is 1.67. The van der Waals surface area contributed by atoms with Gasteiger partial charge in [-0.15, -0.1) is 0 Å². The van der Waals surface area contributed by atoms with Crippen molar-refractivity contribution < 1.29 is 9.50 Å². The first-order chi connectivity index (χ1) is 6.04. The Bertz CT molecular complexity index is 348. The number of halogens is 1. The number of hydrogen-bond donors (Lipinski definition) is 1. The van der Waals surface area contributed by atoms with Crippen molar-refractivity contribution in [3.63, 3.8) is 0 Å². The predicted octanol–water partition coefficient (Wildman–Crippen LogP) is 2.36. The summed E-state index contributed by atoms with van der Waals surface area (Å²) in [7, 11) is 0. The Morgan fingerprint density at radius 1 is 1.54 bits per heavy atom. The average molecular weight is 180 g/mol. The Labute approximate surface area is 77.2 Å². The Morgan fingerprint density at radius 3 is 2.62 bits per heavy atom. The molecule has 1 aliphatic carbocycles. The van der Waals surface area contributed by atoms with E-state index >= 15 is 0 Å². The minimum Gasteiger partial charge on any atom is -0.385 e. The summed E-state index contributed by atoms with van der Waals surface area (Å²) in [6.07, 6.45) is 0.746. The van der Waals surface area contributed by atoms with Crippen LogP contribution in [0, 0.1) is 18.7 Å². The van der Waals surface area contributed by atoms with Crippen molar-refractivity contribution in [3.8, 4) is 0 Å². The largest absolute Gasteiger partial charge is 0.385 e. The lowest BCUT2D eigenvalue weighted by Crippen LogP contribution is -2.07. The summed E-state index contributed by atoms with van der Waals surface area (Å²) in [6, 6.07) is 4.97. The highest BCUT2D eigenvalue weighted by molar-refractivity contribution is 5.32. The second-order valence-corrected chi connectivity index (χ2v) is 3.99. The molecule has 0 amide bonds. The third kappa shape index (κ3) is 1.25. The summed E-state index contributed by atoms with van der Waals surface area (Å²) >= 11 is 0. The van der Waals surface area contributed by atoms with Gasteiger partial charge in [-0.25, -0.2) is 4.39 Å². The summed E-state index contributed by atoms with van der Waals surface area (Å²) < 4.78 is 13.2. The van der Waals surface area contributed by atoms with Gasteiger partial charge in [0.15, 0.2) is 0 Å². The number of aliphatic hydroxyl groups is 1. The molecule has 2 unspecified atom stereocenters. The van der Waals surface area contributed by atoms with Crippen molar-refractivity contribution in [2.45, 2.75) is 25.9 Å². The molecule has 1 saturated carbocycles. The second kappa shape index (κ2) is 2.55. The van der Waals surface area contributed by atoms with Gasteiger partial charge in [0.25, 0.3) is 0 Å². The van der Waals surface area contributed by atoms with E-state index in [4.69, 9.17) is 0 Å². The van der Waals surface area contributed by atoms with Gasteiger partial charge in [-0.3, -0.25) is 0 Å². The molecule has 0 radical (unpaired) electrons. The smallest absolute Gasteiger partial charge is 0.126 e. The van der Waals surface area contributed by atoms with E-state index in [0.717, 1.165) is 6.42 Å². The van der Waals surface area contributed by atoms with Gasteiger partial charge >= 0.3 is 0 Å². The summed E-state index contributed by atoms with van der Waals surface area (Å²) in [5.41, 5.74) is 0.581. The Hall–Kier alpha value is -0.890. The van der Waals surface area contributed by atoms with Crippen molar-refractivity contribution in [2.24, 2.45) is 5.92 Å². The summed E-state index contributed by atoms with van der Waals surface area (Å²) in [5.74, 6) is 0.0274. The number of rotatable bonds is 1. The quantitative estimate of drug-likeness (QED) is 0.703. The van der Waals surface area contributed by atoms with Crippen molar-refractivity contribution in [3.05, 3.63) is 35.1 Å². The first-order valence-electron chi connectivity index (χ1n) is 4.53. The monoisotopic (exact) mass is 180 g/mol. The van der Waals surface area contributed by atoms with E-state index in [1.807, 2.05) is 13.0 Å². The molecule has 0 saturated heterocycles. The molecule has 1 aliphatic rings. The molecule has 1 nitrogen and oxygen atoms in total. The van der Waals surface area contributed by atoms with Crippen LogP contribution >= 0.6 is 0 Å². The molecule has 2 rings (SSSR count). The van der Waals surface area contributed by atoms with Gasteiger partial charge in [0.1, 0.15) is 5.82 Å². The highest BCUT2D eigenvalue weighted by Gasteiger charge is 2.51. The fourth-order valence-corrected chi connectivity index (χ4v) is 1.67. The van der Waals surface area contributed by atoms with Gasteiger partial charge in [0, 0.05) is 0 Å². The van der Waals surface area contributed by atoms with Crippen LogP contribution in [0.4, 0.5) is 4.39 Å². The van der Waals surface area contributed by atoms with E-state index in [2.05, 4.69) is 0 Å². The van der Waals surface area contributed by atoms with Gasteiger partial charge < -0.3 is 5.11 Å². The highest BCUT2D eigenvalue weighted by atomic mass is 19.1. The van der Waals surface area contributed by atoms with Crippen LogP contribution in [0.5, 0.6) is 0 Å². The molecule has 2 heteroatoms. The van der Waals surface area contributed by atoms with Gasteiger partial charge in [-0.05, 0) is 36.5 Å². The Morgan fingerprint density at radius 2 is 2.15 bits per heavy atom. The van der Waals surface area contributed by atoms with Crippen LogP contribution in [0.15, 0.2) is 18.2 Å². The van der Waals surface area contributed by atoms with E-state index in [0.29, 0.717) is 11.1 Å². The molecular formula is C11H13FO. The Balaban J connectivity index is 2.38. The first-order valence-corrected chi connectivity index (χ1v) is 4.53. The van der Waals surface area contributed by atoms with Gasteiger partial charge in [0.2, 0.25) is 0 Å². The van der Waals surface area contributed by atoms with E-state index in [1.54, 1.807) is 13.0 Å². The highest BCUT2D eigenvalue weighted by Crippen LogP contribution is 2.51. The molecule has 0 aromatic heterocycles. The molecule has 13 heavy (non-hydrogen) atoms. The standard InChI is InChI=1S/C11H13FO/c1-7-3-4-9(5-10(7)12)11(13)6-8(11)2/h3-5,8,13H,6H2,1-2H3. The molecule has 1 aromatic rings. The van der Waals surface area contributed by atoms with E-state index in [-0.39, 0.29) is 11.7 Å². The third-order valence-corrected chi connectivity index (χ3v) is 2.94. The number of hydrogen-bond acceptors (Lipinski definition) is 1. The minimum absolute atomic E-state index is 0.231. The van der Waals surface area contributed by atoms with Crippen LogP contribution in [-0.4, -0.2) is 5.11 Å². The molecule has 0 heterocycles. The summed E-state index contributed by atoms with van der Waals surface area (Å²) in [6.45, 7) is 3.69. The van der Waals surface area contributed by atoms with Crippen LogP contribution in [0.25, 0.3) is 0 Å².